The summed E-state index contributed by atoms with van der Waals surface area (Å²) in [5, 5.41) is 5.52. The molecule has 2 amide bonds. The van der Waals surface area contributed by atoms with Crippen LogP contribution in [0, 0.1) is 25.7 Å². The maximum absolute atomic E-state index is 11.3. The molecule has 0 aliphatic rings. The second-order valence-corrected chi connectivity index (χ2v) is 6.51. The number of anilines is 2. The first-order chi connectivity index (χ1) is 14.3. The molecule has 4 nitrogen and oxygen atoms in total. The Labute approximate surface area is 181 Å². The molecule has 0 aromatic heterocycles. The minimum Gasteiger partial charge on any atom is -0.322 e. The highest BCUT2D eigenvalue weighted by molar-refractivity contribution is 6.04. The molecule has 0 saturated heterocycles. The Hall–Kier alpha value is -3.32. The fraction of sp³-hybridized carbons (Fsp3) is 0.308. The monoisotopic (exact) mass is 406 g/mol. The van der Waals surface area contributed by atoms with Gasteiger partial charge in [0.25, 0.3) is 5.91 Å². The Kier molecular flexibility index (Phi) is 13.0. The molecule has 2 N–H and O–H groups in total. The topological polar surface area (TPSA) is 58.2 Å². The molecule has 4 heteroatoms. The summed E-state index contributed by atoms with van der Waals surface area (Å²) >= 11 is 0. The average molecular weight is 407 g/mol. The van der Waals surface area contributed by atoms with Gasteiger partial charge >= 0.3 is 0 Å². The molecular weight excluding hydrogens is 372 g/mol. The van der Waals surface area contributed by atoms with Crippen molar-refractivity contribution in [1.29, 1.82) is 0 Å². The minimum absolute atomic E-state index is 0.172. The van der Waals surface area contributed by atoms with E-state index in [1.165, 1.54) is 11.6 Å². The van der Waals surface area contributed by atoms with Crippen LogP contribution in [0.3, 0.4) is 0 Å². The highest BCUT2D eigenvalue weighted by Crippen LogP contribution is 2.23. The number of hydrogen-bond acceptors (Lipinski definition) is 2. The number of benzene rings is 2. The first-order valence-corrected chi connectivity index (χ1v) is 10.1. The molecular formula is C26H34N2O2. The molecule has 2 aromatic carbocycles. The number of carbonyl (C=O) groups excluding carboxylic acids is 2. The highest BCUT2D eigenvalue weighted by Gasteiger charge is 2.07. The predicted octanol–water partition coefficient (Wildman–Crippen LogP) is 6.23. The van der Waals surface area contributed by atoms with E-state index in [-0.39, 0.29) is 11.8 Å². The minimum atomic E-state index is -0.259. The third-order valence-electron chi connectivity index (χ3n) is 4.12. The van der Waals surface area contributed by atoms with Crippen molar-refractivity contribution >= 4 is 23.2 Å². The second-order valence-electron chi connectivity index (χ2n) is 6.51. The molecule has 0 bridgehead atoms. The van der Waals surface area contributed by atoms with Crippen molar-refractivity contribution in [2.45, 2.75) is 54.4 Å². The normalized spacial score (nSPS) is 8.93. The first-order valence-electron chi connectivity index (χ1n) is 10.1. The van der Waals surface area contributed by atoms with Crippen molar-refractivity contribution in [3.8, 4) is 11.8 Å². The van der Waals surface area contributed by atoms with Gasteiger partial charge in [0.2, 0.25) is 5.91 Å². The van der Waals surface area contributed by atoms with Crippen LogP contribution < -0.4 is 10.6 Å². The number of amides is 2. The van der Waals surface area contributed by atoms with E-state index < -0.39 is 0 Å². The van der Waals surface area contributed by atoms with Gasteiger partial charge in [-0.1, -0.05) is 70.5 Å². The maximum Gasteiger partial charge on any atom is 0.300 e. The van der Waals surface area contributed by atoms with Crippen LogP contribution in [-0.2, 0) is 9.59 Å². The number of aryl methyl sites for hydroxylation is 1. The summed E-state index contributed by atoms with van der Waals surface area (Å²) in [6.07, 6.45) is 1.27. The molecule has 0 heterocycles. The number of nitrogens with one attached hydrogen (secondary N) is 2. The molecule has 0 atom stereocenters. The van der Waals surface area contributed by atoms with Crippen molar-refractivity contribution in [2.75, 3.05) is 10.6 Å². The second kappa shape index (κ2) is 14.6. The van der Waals surface area contributed by atoms with Crippen LogP contribution >= 0.6 is 0 Å². The van der Waals surface area contributed by atoms with E-state index in [2.05, 4.69) is 42.9 Å². The standard InChI is InChI=1S/C13H15NO.C11H13NO.C2H6/c1-4-7-13(15)14-12-9-6-5-8-11(12)10(2)3;1-4-11(13)12-10-7-5-6-8(2)9(10)3;1-2/h5-6,8-10H,1-3H3,(H,14,15);4-7H,1H2,2-3H3,(H,12,13);1-2H3. The Morgan fingerprint density at radius 2 is 1.57 bits per heavy atom. The van der Waals surface area contributed by atoms with Crippen LogP contribution in [0.1, 0.15) is 57.2 Å². The number of rotatable bonds is 4. The van der Waals surface area contributed by atoms with Crippen molar-refractivity contribution in [2.24, 2.45) is 0 Å². The predicted molar refractivity (Wildman–Crippen MR) is 129 cm³/mol. The Bertz CT molecular complexity index is 903. The van der Waals surface area contributed by atoms with Crippen LogP contribution in [0.4, 0.5) is 11.4 Å². The van der Waals surface area contributed by atoms with E-state index >= 15 is 0 Å². The average Bonchev–Trinajstić information content (AvgIpc) is 2.73. The van der Waals surface area contributed by atoms with E-state index in [9.17, 15) is 9.59 Å². The fourth-order valence-corrected chi connectivity index (χ4v) is 2.45. The van der Waals surface area contributed by atoms with E-state index in [0.717, 1.165) is 22.5 Å². The van der Waals surface area contributed by atoms with Gasteiger partial charge < -0.3 is 10.6 Å². The third kappa shape index (κ3) is 9.25. The molecule has 30 heavy (non-hydrogen) atoms. The summed E-state index contributed by atoms with van der Waals surface area (Å²) < 4.78 is 0. The summed E-state index contributed by atoms with van der Waals surface area (Å²) in [5.41, 5.74) is 5.09. The van der Waals surface area contributed by atoms with Gasteiger partial charge in [-0.05, 0) is 67.5 Å². The quantitative estimate of drug-likeness (QED) is 0.467. The van der Waals surface area contributed by atoms with E-state index in [1.807, 2.05) is 70.2 Å². The highest BCUT2D eigenvalue weighted by atomic mass is 16.2. The molecule has 160 valence electrons. The zero-order chi connectivity index (χ0) is 23.1. The van der Waals surface area contributed by atoms with E-state index in [4.69, 9.17) is 0 Å². The van der Waals surface area contributed by atoms with Crippen molar-refractivity contribution in [1.82, 2.24) is 0 Å². The van der Waals surface area contributed by atoms with Crippen LogP contribution in [-0.4, -0.2) is 11.8 Å². The molecule has 0 spiro atoms. The Morgan fingerprint density at radius 1 is 0.967 bits per heavy atom. The first kappa shape index (κ1) is 26.7. The summed E-state index contributed by atoms with van der Waals surface area (Å²) in [7, 11) is 0. The maximum atomic E-state index is 11.3. The molecule has 0 aliphatic heterocycles. The van der Waals surface area contributed by atoms with Gasteiger partial charge in [-0.3, -0.25) is 9.59 Å². The van der Waals surface area contributed by atoms with E-state index in [0.29, 0.717) is 5.92 Å². The smallest absolute Gasteiger partial charge is 0.300 e. The molecule has 2 rings (SSSR count). The summed E-state index contributed by atoms with van der Waals surface area (Å²) in [4.78, 5) is 22.3. The lowest BCUT2D eigenvalue weighted by atomic mass is 10.0. The summed E-state index contributed by atoms with van der Waals surface area (Å²) in [5.74, 6) is 4.99. The molecule has 0 fully saturated rings. The molecule has 2 aromatic rings. The SMILES string of the molecule is C=CC(=O)Nc1cccc(C)c1C.CC.CC#CC(=O)Nc1ccccc1C(C)C. The van der Waals surface area contributed by atoms with Crippen LogP contribution in [0.25, 0.3) is 0 Å². The van der Waals surface area contributed by atoms with Gasteiger partial charge in [0, 0.05) is 11.4 Å². The largest absolute Gasteiger partial charge is 0.322 e. The van der Waals surface area contributed by atoms with Crippen LogP contribution in [0.2, 0.25) is 0 Å². The third-order valence-corrected chi connectivity index (χ3v) is 4.12. The number of para-hydroxylation sites is 1. The van der Waals surface area contributed by atoms with Gasteiger partial charge in [0.15, 0.2) is 0 Å². The fourth-order valence-electron chi connectivity index (χ4n) is 2.45. The molecule has 0 unspecified atom stereocenters. The Morgan fingerprint density at radius 3 is 2.13 bits per heavy atom. The zero-order valence-electron chi connectivity index (χ0n) is 19.2. The number of carbonyl (C=O) groups is 2. The van der Waals surface area contributed by atoms with Gasteiger partial charge in [-0.15, -0.1) is 0 Å². The summed E-state index contributed by atoms with van der Waals surface area (Å²) in [6.45, 7) is 17.2. The molecule has 0 aliphatic carbocycles. The lowest BCUT2D eigenvalue weighted by Crippen LogP contribution is -2.10. The lowest BCUT2D eigenvalue weighted by Gasteiger charge is -2.11. The van der Waals surface area contributed by atoms with Gasteiger partial charge in [-0.2, -0.15) is 0 Å². The van der Waals surface area contributed by atoms with Gasteiger partial charge in [-0.25, -0.2) is 0 Å². The summed E-state index contributed by atoms with van der Waals surface area (Å²) in [6, 6.07) is 13.6. The number of hydrogen-bond donors (Lipinski definition) is 2. The molecule has 0 radical (unpaired) electrons. The van der Waals surface area contributed by atoms with Crippen LogP contribution in [0.15, 0.2) is 55.1 Å². The van der Waals surface area contributed by atoms with E-state index in [1.54, 1.807) is 6.92 Å². The van der Waals surface area contributed by atoms with Crippen molar-refractivity contribution in [3.63, 3.8) is 0 Å². The van der Waals surface area contributed by atoms with Gasteiger partial charge in [0.05, 0.1) is 0 Å². The Balaban J connectivity index is 0.000000522. The zero-order valence-corrected chi connectivity index (χ0v) is 19.2. The molecule has 0 saturated carbocycles. The van der Waals surface area contributed by atoms with Crippen molar-refractivity contribution in [3.05, 3.63) is 71.8 Å². The van der Waals surface area contributed by atoms with Crippen molar-refractivity contribution < 1.29 is 9.59 Å². The lowest BCUT2D eigenvalue weighted by molar-refractivity contribution is -0.112. The van der Waals surface area contributed by atoms with Gasteiger partial charge in [0.1, 0.15) is 0 Å². The van der Waals surface area contributed by atoms with Crippen LogP contribution in [0.5, 0.6) is 0 Å².